The number of benzene rings is 6. The maximum Gasteiger partial charge on any atom is 0.226 e. The molecule has 12 aromatic rings. The van der Waals surface area contributed by atoms with E-state index in [4.69, 9.17) is 52.7 Å². The number of Topliss-reactive ketones (excluding diaryl/α,β-unsaturated/α-hetero) is 4. The number of oxazole rings is 2. The molecule has 0 aliphatic carbocycles. The zero-order valence-corrected chi connectivity index (χ0v) is 66.1. The number of aryl methyl sites for hydroxylation is 4. The third kappa shape index (κ3) is 21.6. The van der Waals surface area contributed by atoms with Crippen LogP contribution in [0.5, 0.6) is 0 Å². The summed E-state index contributed by atoms with van der Waals surface area (Å²) < 4.78 is 35.1. The summed E-state index contributed by atoms with van der Waals surface area (Å²) in [6, 6.07) is 42.4. The van der Waals surface area contributed by atoms with Gasteiger partial charge in [-0.3, -0.25) is 48.3 Å². The Bertz CT molecular complexity index is 5040. The van der Waals surface area contributed by atoms with Gasteiger partial charge in [0.15, 0.2) is 23.1 Å². The van der Waals surface area contributed by atoms with Crippen LogP contribution in [0, 0.1) is 33.5 Å². The molecule has 576 valence electrons. The van der Waals surface area contributed by atoms with Gasteiger partial charge >= 0.3 is 0 Å². The standard InChI is InChI=1S/C22H21ClN2O3.C22H21FN2O3.2C21H20ClN3O3/c2*1-4-22(27)25(3)20-10-9-17(11-19(20)23)15-5-7-16(8-6-15)21(26)12-18-13-24-28-14(18)2;1-4-21(27)25(3)15-6-7-16(17(22)9-15)18-8-5-14(12-23-18)19(26)10-20-24-11-13(2)28-20;1-4-21(27)25(3)15-6-7-16(17(22)9-15)14-5-8-18(23-12-14)19(26)10-20-24-11-13(2)28-20/h2*5-11,13H,4,12H2,1-3H3;2*5-9,11-12H,4,10H2,1-3H3. The molecule has 0 saturated carbocycles. The number of carbonyl (C=O) groups excluding carboxylic acids is 8. The van der Waals surface area contributed by atoms with Crippen LogP contribution in [0.4, 0.5) is 27.1 Å². The molecule has 6 heterocycles. The topological polar surface area (TPSA) is 279 Å². The van der Waals surface area contributed by atoms with Gasteiger partial charge in [0.1, 0.15) is 34.6 Å². The van der Waals surface area contributed by atoms with Crippen molar-refractivity contribution in [3.63, 3.8) is 0 Å². The summed E-state index contributed by atoms with van der Waals surface area (Å²) in [4.78, 5) is 120. The molecular weight excluding hydrogens is 1490 g/mol. The van der Waals surface area contributed by atoms with Crippen LogP contribution >= 0.6 is 34.8 Å². The Hall–Kier alpha value is -12.2. The molecular formula is C86H82Cl3FN10O12. The van der Waals surface area contributed by atoms with Crippen LogP contribution in [0.2, 0.25) is 15.1 Å². The third-order valence-corrected chi connectivity index (χ3v) is 19.1. The highest BCUT2D eigenvalue weighted by atomic mass is 35.5. The van der Waals surface area contributed by atoms with Crippen molar-refractivity contribution < 1.29 is 60.6 Å². The van der Waals surface area contributed by atoms with E-state index in [1.54, 1.807) is 193 Å². The number of nitrogens with zero attached hydrogens (tertiary/aromatic N) is 10. The molecule has 22 nitrogen and oxygen atoms in total. The average molecular weight is 1570 g/mol. The van der Waals surface area contributed by atoms with Crippen LogP contribution in [-0.4, -0.2) is 105 Å². The lowest BCUT2D eigenvalue weighted by atomic mass is 9.99. The van der Waals surface area contributed by atoms with Crippen LogP contribution in [0.15, 0.2) is 201 Å². The summed E-state index contributed by atoms with van der Waals surface area (Å²) in [5.41, 5.74) is 12.2. The van der Waals surface area contributed by atoms with Gasteiger partial charge in [-0.2, -0.15) is 0 Å². The van der Waals surface area contributed by atoms with Gasteiger partial charge in [0.25, 0.3) is 0 Å². The molecule has 0 N–H and O–H groups in total. The summed E-state index contributed by atoms with van der Waals surface area (Å²) in [6.45, 7) is 14.3. The van der Waals surface area contributed by atoms with E-state index in [0.29, 0.717) is 121 Å². The highest BCUT2D eigenvalue weighted by molar-refractivity contribution is 6.35. The molecule has 0 radical (unpaired) electrons. The van der Waals surface area contributed by atoms with E-state index < -0.39 is 5.82 Å². The van der Waals surface area contributed by atoms with Gasteiger partial charge in [-0.15, -0.1) is 0 Å². The number of hydrogen-bond donors (Lipinski definition) is 0. The van der Waals surface area contributed by atoms with Gasteiger partial charge in [0, 0.05) is 135 Å². The van der Waals surface area contributed by atoms with Gasteiger partial charge < -0.3 is 37.5 Å². The summed E-state index contributed by atoms with van der Waals surface area (Å²) >= 11 is 19.2. The minimum atomic E-state index is -0.468. The Morgan fingerprint density at radius 1 is 0.375 bits per heavy atom. The lowest BCUT2D eigenvalue weighted by molar-refractivity contribution is -0.118. The summed E-state index contributed by atoms with van der Waals surface area (Å²) in [6.07, 6.45) is 11.6. The summed E-state index contributed by atoms with van der Waals surface area (Å²) in [7, 11) is 6.70. The Balaban J connectivity index is 0.000000171. The van der Waals surface area contributed by atoms with Gasteiger partial charge in [0.05, 0.1) is 69.8 Å². The predicted octanol–water partition coefficient (Wildman–Crippen LogP) is 18.7. The van der Waals surface area contributed by atoms with E-state index in [2.05, 4.69) is 30.2 Å². The second kappa shape index (κ2) is 38.9. The van der Waals surface area contributed by atoms with Crippen molar-refractivity contribution >= 4 is 104 Å². The monoisotopic (exact) mass is 1570 g/mol. The lowest BCUT2D eigenvalue weighted by Crippen LogP contribution is -2.25. The molecule has 0 fully saturated rings. The molecule has 26 heteroatoms. The first-order valence-electron chi connectivity index (χ1n) is 35.7. The van der Waals surface area contributed by atoms with Crippen LogP contribution in [0.25, 0.3) is 44.6 Å². The largest absolute Gasteiger partial charge is 0.446 e. The van der Waals surface area contributed by atoms with Crippen LogP contribution in [-0.2, 0) is 44.9 Å². The highest BCUT2D eigenvalue weighted by Gasteiger charge is 2.22. The molecule has 0 atom stereocenters. The molecule has 0 bridgehead atoms. The maximum absolute atomic E-state index is 14.5. The number of halogens is 4. The first-order chi connectivity index (χ1) is 53.6. The van der Waals surface area contributed by atoms with Gasteiger partial charge in [-0.1, -0.05) is 146 Å². The molecule has 6 aromatic heterocycles. The fourth-order valence-corrected chi connectivity index (χ4v) is 12.2. The Morgan fingerprint density at radius 3 is 1.20 bits per heavy atom. The average Bonchev–Trinajstić information content (AvgIpc) is 0.966. The van der Waals surface area contributed by atoms with Crippen molar-refractivity contribution in [1.29, 1.82) is 0 Å². The number of amides is 4. The third-order valence-electron chi connectivity index (χ3n) is 18.2. The van der Waals surface area contributed by atoms with Crippen LogP contribution in [0.3, 0.4) is 0 Å². The SMILES string of the molecule is CCC(=O)N(C)c1ccc(-c2ccc(C(=O)Cc3cnoc3C)cc2)cc1Cl.CCC(=O)N(C)c1ccc(-c2ccc(C(=O)Cc3cnoc3C)cc2)cc1F.CCC(=O)N(C)c1ccc(-c2ccc(C(=O)Cc3ncc(C)o3)cn2)c(Cl)c1.CCC(=O)N(C)c1ccc(-c2ccc(C(=O)Cc3ncc(C)o3)nc2)c(Cl)c1. The van der Waals surface area contributed by atoms with Crippen molar-refractivity contribution in [3.8, 4) is 44.6 Å². The van der Waals surface area contributed by atoms with Crippen molar-refractivity contribution in [3.05, 3.63) is 272 Å². The fourth-order valence-electron chi connectivity index (χ4n) is 11.4. The van der Waals surface area contributed by atoms with E-state index in [-0.39, 0.29) is 78.1 Å². The molecule has 0 aliphatic heterocycles. The normalized spacial score (nSPS) is 10.7. The number of anilines is 4. The van der Waals surface area contributed by atoms with E-state index >= 15 is 0 Å². The zero-order valence-electron chi connectivity index (χ0n) is 63.9. The zero-order chi connectivity index (χ0) is 81.0. The van der Waals surface area contributed by atoms with Gasteiger partial charge in [0.2, 0.25) is 35.4 Å². The number of carbonyl (C=O) groups is 8. The molecule has 112 heavy (non-hydrogen) atoms. The van der Waals surface area contributed by atoms with Gasteiger partial charge in [-0.05, 0) is 123 Å². The number of ketones is 4. The Morgan fingerprint density at radius 2 is 0.795 bits per heavy atom. The van der Waals surface area contributed by atoms with E-state index in [1.807, 2.05) is 75.4 Å². The molecule has 0 spiro atoms. The highest BCUT2D eigenvalue weighted by Crippen LogP contribution is 2.35. The molecule has 0 unspecified atom stereocenters. The number of rotatable bonds is 24. The first kappa shape index (κ1) is 83.9. The first-order valence-corrected chi connectivity index (χ1v) is 36.9. The molecule has 0 aliphatic rings. The molecule has 4 amide bonds. The Kier molecular flexibility index (Phi) is 29.2. The van der Waals surface area contributed by atoms with Crippen LogP contribution < -0.4 is 19.6 Å². The van der Waals surface area contributed by atoms with E-state index in [1.165, 1.54) is 17.2 Å². The Labute approximate surface area is 662 Å². The van der Waals surface area contributed by atoms with Crippen molar-refractivity contribution in [1.82, 2.24) is 30.2 Å². The molecule has 12 rings (SSSR count). The molecule has 0 saturated heterocycles. The molecule has 6 aromatic carbocycles. The second-order valence-corrected chi connectivity index (χ2v) is 27.1. The van der Waals surface area contributed by atoms with Crippen molar-refractivity contribution in [2.45, 2.75) is 107 Å². The lowest BCUT2D eigenvalue weighted by Gasteiger charge is -2.18. The smallest absolute Gasteiger partial charge is 0.226 e. The number of hydrogen-bond acceptors (Lipinski definition) is 18. The minimum Gasteiger partial charge on any atom is -0.446 e. The predicted molar refractivity (Wildman–Crippen MR) is 430 cm³/mol. The van der Waals surface area contributed by atoms with Crippen molar-refractivity contribution in [2.75, 3.05) is 47.8 Å². The summed E-state index contributed by atoms with van der Waals surface area (Å²) in [5.74, 6) is 2.44. The number of pyridine rings is 2. The fraction of sp³-hybridized carbons (Fsp3) is 0.233. The van der Waals surface area contributed by atoms with Gasteiger partial charge in [-0.25, -0.2) is 14.4 Å². The maximum atomic E-state index is 14.5. The van der Waals surface area contributed by atoms with E-state index in [9.17, 15) is 42.7 Å². The second-order valence-electron chi connectivity index (χ2n) is 25.8. The number of aromatic nitrogens is 6. The quantitative estimate of drug-likeness (QED) is 0.0508. The van der Waals surface area contributed by atoms with Crippen molar-refractivity contribution in [2.24, 2.45) is 0 Å². The summed E-state index contributed by atoms with van der Waals surface area (Å²) in [5, 5.41) is 8.87. The minimum absolute atomic E-state index is 0.000532. The van der Waals surface area contributed by atoms with E-state index in [0.717, 1.165) is 50.2 Å². The van der Waals surface area contributed by atoms with Crippen LogP contribution in [0.1, 0.15) is 141 Å².